The Bertz CT molecular complexity index is 611. The molecule has 0 amide bonds. The molecule has 0 N–H and O–H groups in total. The maximum Gasteiger partial charge on any atom is 0.166 e. The molecule has 2 rings (SSSR count). The summed E-state index contributed by atoms with van der Waals surface area (Å²) in [5, 5.41) is 0. The Morgan fingerprint density at radius 2 is 2.00 bits per heavy atom. The minimum Gasteiger partial charge on any atom is -0.485 e. The Hall–Kier alpha value is -1.68. The number of ketones is 1. The summed E-state index contributed by atoms with van der Waals surface area (Å²) in [6, 6.07) is 11.9. The van der Waals surface area contributed by atoms with Crippen molar-refractivity contribution in [2.24, 2.45) is 0 Å². The van der Waals surface area contributed by atoms with E-state index in [0.717, 1.165) is 10.0 Å². The second-order valence-electron chi connectivity index (χ2n) is 4.09. The zero-order valence-electron chi connectivity index (χ0n) is 10.3. The molecule has 0 unspecified atom stereocenters. The van der Waals surface area contributed by atoms with Gasteiger partial charge in [0.1, 0.15) is 6.61 Å². The van der Waals surface area contributed by atoms with Crippen LogP contribution in [0.4, 0.5) is 4.39 Å². The third-order valence-electron chi connectivity index (χ3n) is 2.62. The van der Waals surface area contributed by atoms with Crippen LogP contribution in [-0.4, -0.2) is 5.78 Å². The fraction of sp³-hybridized carbons (Fsp3) is 0.133. The van der Waals surface area contributed by atoms with Crippen molar-refractivity contribution in [1.29, 1.82) is 0 Å². The molecular formula is C15H12BrFO2. The van der Waals surface area contributed by atoms with E-state index in [0.29, 0.717) is 0 Å². The molecule has 0 aliphatic carbocycles. The van der Waals surface area contributed by atoms with Crippen LogP contribution in [0.2, 0.25) is 0 Å². The van der Waals surface area contributed by atoms with Gasteiger partial charge in [0.2, 0.25) is 0 Å². The minimum absolute atomic E-state index is 0.00924. The highest BCUT2D eigenvalue weighted by atomic mass is 79.9. The van der Waals surface area contributed by atoms with Crippen molar-refractivity contribution in [2.75, 3.05) is 0 Å². The van der Waals surface area contributed by atoms with Crippen LogP contribution in [0.3, 0.4) is 0 Å². The molecule has 0 radical (unpaired) electrons. The lowest BCUT2D eigenvalue weighted by Crippen LogP contribution is -2.03. The van der Waals surface area contributed by atoms with E-state index in [-0.39, 0.29) is 23.7 Å². The van der Waals surface area contributed by atoms with Crippen LogP contribution < -0.4 is 4.74 Å². The summed E-state index contributed by atoms with van der Waals surface area (Å²) in [6.07, 6.45) is 0. The molecule has 0 heterocycles. The second kappa shape index (κ2) is 5.97. The highest BCUT2D eigenvalue weighted by Gasteiger charge is 2.13. The van der Waals surface area contributed by atoms with Gasteiger partial charge in [-0.2, -0.15) is 0 Å². The van der Waals surface area contributed by atoms with Gasteiger partial charge in [0.05, 0.1) is 5.56 Å². The Kier molecular flexibility index (Phi) is 4.32. The van der Waals surface area contributed by atoms with E-state index in [2.05, 4.69) is 15.9 Å². The van der Waals surface area contributed by atoms with Crippen molar-refractivity contribution in [3.8, 4) is 5.75 Å². The van der Waals surface area contributed by atoms with E-state index in [4.69, 9.17) is 4.74 Å². The average Bonchev–Trinajstić information content (AvgIpc) is 2.37. The lowest BCUT2D eigenvalue weighted by Gasteiger charge is -2.11. The second-order valence-corrected chi connectivity index (χ2v) is 5.01. The standard InChI is InChI=1S/C15H12BrFO2/c1-10(18)13-6-3-7-14(17)15(13)19-9-11-4-2-5-12(16)8-11/h2-8H,9H2,1H3. The third kappa shape index (κ3) is 3.41. The van der Waals surface area contributed by atoms with Gasteiger partial charge >= 0.3 is 0 Å². The molecule has 2 aromatic rings. The molecule has 2 nitrogen and oxygen atoms in total. The van der Waals surface area contributed by atoms with Crippen molar-refractivity contribution in [3.63, 3.8) is 0 Å². The smallest absolute Gasteiger partial charge is 0.166 e. The maximum absolute atomic E-state index is 13.7. The fourth-order valence-electron chi connectivity index (χ4n) is 1.72. The summed E-state index contributed by atoms with van der Waals surface area (Å²) in [5.74, 6) is -0.735. The zero-order chi connectivity index (χ0) is 13.8. The van der Waals surface area contributed by atoms with Gasteiger partial charge in [0.25, 0.3) is 0 Å². The summed E-state index contributed by atoms with van der Waals surface area (Å²) < 4.78 is 20.1. The molecule has 0 aromatic heterocycles. The van der Waals surface area contributed by atoms with Gasteiger partial charge in [-0.3, -0.25) is 4.79 Å². The normalized spacial score (nSPS) is 10.3. The van der Waals surface area contributed by atoms with Gasteiger partial charge in [-0.1, -0.05) is 34.1 Å². The minimum atomic E-state index is -0.525. The van der Waals surface area contributed by atoms with Gasteiger partial charge < -0.3 is 4.74 Å². The summed E-state index contributed by atoms with van der Waals surface area (Å²) in [5.41, 5.74) is 1.15. The first-order chi connectivity index (χ1) is 9.08. The molecule has 0 spiro atoms. The highest BCUT2D eigenvalue weighted by Crippen LogP contribution is 2.24. The number of rotatable bonds is 4. The number of benzene rings is 2. The van der Waals surface area contributed by atoms with Crippen molar-refractivity contribution in [2.45, 2.75) is 13.5 Å². The Morgan fingerprint density at radius 1 is 1.26 bits per heavy atom. The highest BCUT2D eigenvalue weighted by molar-refractivity contribution is 9.10. The van der Waals surface area contributed by atoms with E-state index >= 15 is 0 Å². The number of Topliss-reactive ketones (excluding diaryl/α,β-unsaturated/α-hetero) is 1. The molecule has 0 aliphatic heterocycles. The molecule has 0 aliphatic rings. The van der Waals surface area contributed by atoms with Crippen molar-refractivity contribution in [1.82, 2.24) is 0 Å². The van der Waals surface area contributed by atoms with E-state index in [9.17, 15) is 9.18 Å². The molecule has 4 heteroatoms. The lowest BCUT2D eigenvalue weighted by atomic mass is 10.1. The number of hydrogen-bond donors (Lipinski definition) is 0. The van der Waals surface area contributed by atoms with Crippen LogP contribution in [0.25, 0.3) is 0 Å². The molecule has 0 fully saturated rings. The quantitative estimate of drug-likeness (QED) is 0.781. The van der Waals surface area contributed by atoms with Gasteiger partial charge in [-0.05, 0) is 36.8 Å². The number of halogens is 2. The fourth-order valence-corrected chi connectivity index (χ4v) is 2.16. The number of carbonyl (C=O) groups excluding carboxylic acids is 1. The van der Waals surface area contributed by atoms with E-state index in [1.165, 1.54) is 19.1 Å². The Morgan fingerprint density at radius 3 is 2.68 bits per heavy atom. The number of carbonyl (C=O) groups is 1. The molecule has 0 saturated heterocycles. The number of ether oxygens (including phenoxy) is 1. The monoisotopic (exact) mass is 322 g/mol. The first kappa shape index (κ1) is 13.7. The molecule has 19 heavy (non-hydrogen) atoms. The Balaban J connectivity index is 2.22. The molecule has 2 aromatic carbocycles. The van der Waals surface area contributed by atoms with Crippen molar-refractivity contribution < 1.29 is 13.9 Å². The van der Waals surface area contributed by atoms with E-state index in [1.54, 1.807) is 6.07 Å². The lowest BCUT2D eigenvalue weighted by molar-refractivity contribution is 0.101. The summed E-state index contributed by atoms with van der Waals surface area (Å²) in [7, 11) is 0. The third-order valence-corrected chi connectivity index (χ3v) is 3.11. The van der Waals surface area contributed by atoms with Gasteiger partial charge in [0.15, 0.2) is 17.3 Å². The van der Waals surface area contributed by atoms with Crippen LogP contribution >= 0.6 is 15.9 Å². The summed E-state index contributed by atoms with van der Waals surface area (Å²) in [6.45, 7) is 1.60. The first-order valence-corrected chi connectivity index (χ1v) is 6.54. The predicted octanol–water partition coefficient (Wildman–Crippen LogP) is 4.37. The van der Waals surface area contributed by atoms with Crippen molar-refractivity contribution in [3.05, 3.63) is 63.9 Å². The maximum atomic E-state index is 13.7. The summed E-state index contributed by atoms with van der Waals surface area (Å²) in [4.78, 5) is 11.4. The van der Waals surface area contributed by atoms with Crippen LogP contribution in [0.5, 0.6) is 5.75 Å². The van der Waals surface area contributed by atoms with Crippen LogP contribution in [0, 0.1) is 5.82 Å². The van der Waals surface area contributed by atoms with Crippen LogP contribution in [0.15, 0.2) is 46.9 Å². The van der Waals surface area contributed by atoms with Crippen LogP contribution in [-0.2, 0) is 6.61 Å². The topological polar surface area (TPSA) is 26.3 Å². The van der Waals surface area contributed by atoms with Gasteiger partial charge in [-0.25, -0.2) is 4.39 Å². The SMILES string of the molecule is CC(=O)c1cccc(F)c1OCc1cccc(Br)c1. The number of hydrogen-bond acceptors (Lipinski definition) is 2. The van der Waals surface area contributed by atoms with Gasteiger partial charge in [-0.15, -0.1) is 0 Å². The molecule has 0 saturated carbocycles. The average molecular weight is 323 g/mol. The van der Waals surface area contributed by atoms with Gasteiger partial charge in [0, 0.05) is 4.47 Å². The van der Waals surface area contributed by atoms with Crippen LogP contribution in [0.1, 0.15) is 22.8 Å². The summed E-state index contributed by atoms with van der Waals surface area (Å²) >= 11 is 3.36. The first-order valence-electron chi connectivity index (χ1n) is 5.74. The predicted molar refractivity (Wildman–Crippen MR) is 74.9 cm³/mol. The van der Waals surface area contributed by atoms with E-state index in [1.807, 2.05) is 24.3 Å². The van der Waals surface area contributed by atoms with Crippen molar-refractivity contribution >= 4 is 21.7 Å². The zero-order valence-corrected chi connectivity index (χ0v) is 11.9. The largest absolute Gasteiger partial charge is 0.485 e. The number of para-hydroxylation sites is 1. The van der Waals surface area contributed by atoms with E-state index < -0.39 is 5.82 Å². The Labute approximate surface area is 119 Å². The molecule has 0 bridgehead atoms. The molecule has 98 valence electrons. The molecular weight excluding hydrogens is 311 g/mol. The molecule has 0 atom stereocenters.